The molecule has 0 unspecified atom stereocenters. The molecule has 0 aliphatic carbocycles. The van der Waals surface area contributed by atoms with Crippen molar-refractivity contribution >= 4 is 11.5 Å². The Hall–Kier alpha value is -2.40. The molecule has 3 aromatic rings. The van der Waals surface area contributed by atoms with Crippen LogP contribution in [0.4, 0.5) is 5.82 Å². The minimum atomic E-state index is -0.276. The molecule has 1 atom stereocenters. The van der Waals surface area contributed by atoms with Gasteiger partial charge in [-0.2, -0.15) is 9.61 Å². The molecule has 4 rings (SSSR count). The first-order valence-electron chi connectivity index (χ1n) is 8.91. The number of nitrogens with zero attached hydrogens (tertiary/aromatic N) is 4. The highest BCUT2D eigenvalue weighted by molar-refractivity contribution is 5.81. The van der Waals surface area contributed by atoms with Gasteiger partial charge in [-0.3, -0.25) is 0 Å². The summed E-state index contributed by atoms with van der Waals surface area (Å²) in [5.74, 6) is 1.06. The largest absolute Gasteiger partial charge is 0.391 e. The number of anilines is 1. The van der Waals surface area contributed by atoms with E-state index in [1.165, 1.54) is 0 Å². The highest BCUT2D eigenvalue weighted by Gasteiger charge is 2.25. The Bertz CT molecular complexity index is 917. The molecule has 1 saturated heterocycles. The maximum absolute atomic E-state index is 10.1. The molecule has 1 aliphatic rings. The summed E-state index contributed by atoms with van der Waals surface area (Å²) in [4.78, 5) is 7.11. The highest BCUT2D eigenvalue weighted by Crippen LogP contribution is 2.33. The Morgan fingerprint density at radius 2 is 1.84 bits per heavy atom. The third kappa shape index (κ3) is 2.68. The van der Waals surface area contributed by atoms with Crippen molar-refractivity contribution in [2.24, 2.45) is 0 Å². The van der Waals surface area contributed by atoms with E-state index in [-0.39, 0.29) is 6.10 Å². The van der Waals surface area contributed by atoms with Crippen LogP contribution in [0.25, 0.3) is 16.8 Å². The van der Waals surface area contributed by atoms with E-state index < -0.39 is 0 Å². The van der Waals surface area contributed by atoms with Crippen LogP contribution in [-0.2, 0) is 0 Å². The van der Waals surface area contributed by atoms with E-state index >= 15 is 0 Å². The van der Waals surface area contributed by atoms with Crippen molar-refractivity contribution in [2.45, 2.75) is 39.7 Å². The van der Waals surface area contributed by atoms with Gasteiger partial charge in [0.05, 0.1) is 11.8 Å². The van der Waals surface area contributed by atoms with Crippen LogP contribution in [0.3, 0.4) is 0 Å². The molecule has 1 fully saturated rings. The first kappa shape index (κ1) is 16.1. The van der Waals surface area contributed by atoms with E-state index in [1.807, 2.05) is 29.6 Å². The lowest BCUT2D eigenvalue weighted by Gasteiger charge is -2.33. The summed E-state index contributed by atoms with van der Waals surface area (Å²) in [6, 6.07) is 10.3. The third-order valence-electron chi connectivity index (χ3n) is 5.15. The van der Waals surface area contributed by atoms with Gasteiger partial charge < -0.3 is 10.0 Å². The van der Waals surface area contributed by atoms with Crippen LogP contribution >= 0.6 is 0 Å². The first-order valence-corrected chi connectivity index (χ1v) is 8.91. The fraction of sp³-hybridized carbons (Fsp3) is 0.400. The lowest BCUT2D eigenvalue weighted by molar-refractivity contribution is 0.153. The van der Waals surface area contributed by atoms with Crippen molar-refractivity contribution in [1.82, 2.24) is 14.6 Å². The van der Waals surface area contributed by atoms with Gasteiger partial charge in [-0.05, 0) is 39.2 Å². The minimum absolute atomic E-state index is 0.276. The monoisotopic (exact) mass is 336 g/mol. The number of fused-ring (bicyclic) bond motifs is 1. The molecule has 3 heterocycles. The average molecular weight is 336 g/mol. The molecule has 5 nitrogen and oxygen atoms in total. The molecular weight excluding hydrogens is 312 g/mol. The van der Waals surface area contributed by atoms with Crippen LogP contribution in [0.5, 0.6) is 0 Å². The topological polar surface area (TPSA) is 53.7 Å². The summed E-state index contributed by atoms with van der Waals surface area (Å²) in [6.45, 7) is 7.78. The number of hydrogen-bond acceptors (Lipinski definition) is 4. The predicted octanol–water partition coefficient (Wildman–Crippen LogP) is 3.28. The Kier molecular flexibility index (Phi) is 3.96. The van der Waals surface area contributed by atoms with Gasteiger partial charge in [-0.1, -0.05) is 30.3 Å². The van der Waals surface area contributed by atoms with Gasteiger partial charge in [0, 0.05) is 29.9 Å². The zero-order chi connectivity index (χ0) is 17.6. The number of piperidine rings is 1. The molecule has 0 spiro atoms. The quantitative estimate of drug-likeness (QED) is 0.780. The first-order chi connectivity index (χ1) is 12.1. The molecule has 1 N–H and O–H groups in total. The minimum Gasteiger partial charge on any atom is -0.391 e. The second-order valence-corrected chi connectivity index (χ2v) is 6.95. The maximum atomic E-state index is 10.1. The van der Waals surface area contributed by atoms with Crippen molar-refractivity contribution in [3.8, 4) is 11.1 Å². The van der Waals surface area contributed by atoms with E-state index in [0.29, 0.717) is 6.54 Å². The standard InChI is InChI=1S/C20H24N4O/c1-13-14(2)21-19-18(16-8-5-4-6-9-16)15(3)22-24(19)20(13)23-11-7-10-17(25)12-23/h4-6,8-9,17,25H,7,10-12H2,1-3H3/t17-/m0/s1. The summed E-state index contributed by atoms with van der Waals surface area (Å²) in [7, 11) is 0. The van der Waals surface area contributed by atoms with Gasteiger partial charge in [-0.15, -0.1) is 0 Å². The van der Waals surface area contributed by atoms with Gasteiger partial charge in [0.1, 0.15) is 5.82 Å². The number of hydrogen-bond donors (Lipinski definition) is 1. The Labute approximate surface area is 147 Å². The fourth-order valence-corrected chi connectivity index (χ4v) is 3.79. The zero-order valence-electron chi connectivity index (χ0n) is 15.0. The summed E-state index contributed by atoms with van der Waals surface area (Å²) < 4.78 is 1.97. The second-order valence-electron chi connectivity index (χ2n) is 6.95. The summed E-state index contributed by atoms with van der Waals surface area (Å²) in [6.07, 6.45) is 1.59. The van der Waals surface area contributed by atoms with Gasteiger partial charge in [0.25, 0.3) is 0 Å². The highest BCUT2D eigenvalue weighted by atomic mass is 16.3. The number of β-amino-alcohol motifs (C(OH)–C–C–N with tert-alkyl or cyclic N) is 1. The second kappa shape index (κ2) is 6.15. The molecule has 1 aliphatic heterocycles. The Morgan fingerprint density at radius 1 is 1.08 bits per heavy atom. The summed E-state index contributed by atoms with van der Waals surface area (Å²) in [5, 5.41) is 14.9. The van der Waals surface area contributed by atoms with Gasteiger partial charge >= 0.3 is 0 Å². The molecule has 0 bridgehead atoms. The molecule has 0 amide bonds. The van der Waals surface area contributed by atoms with Crippen molar-refractivity contribution in [3.05, 3.63) is 47.3 Å². The van der Waals surface area contributed by atoms with Crippen LogP contribution in [0, 0.1) is 20.8 Å². The van der Waals surface area contributed by atoms with Crippen LogP contribution in [-0.4, -0.2) is 38.9 Å². The number of benzene rings is 1. The predicted molar refractivity (Wildman–Crippen MR) is 100 cm³/mol. The van der Waals surface area contributed by atoms with E-state index in [1.54, 1.807) is 0 Å². The van der Waals surface area contributed by atoms with Crippen LogP contribution in [0.15, 0.2) is 30.3 Å². The van der Waals surface area contributed by atoms with E-state index in [0.717, 1.165) is 58.9 Å². The van der Waals surface area contributed by atoms with Crippen molar-refractivity contribution in [3.63, 3.8) is 0 Å². The van der Waals surface area contributed by atoms with Crippen molar-refractivity contribution in [1.29, 1.82) is 0 Å². The summed E-state index contributed by atoms with van der Waals surface area (Å²) >= 11 is 0. The lowest BCUT2D eigenvalue weighted by atomic mass is 10.1. The fourth-order valence-electron chi connectivity index (χ4n) is 3.79. The van der Waals surface area contributed by atoms with Gasteiger partial charge in [0.15, 0.2) is 5.65 Å². The molecule has 130 valence electrons. The number of rotatable bonds is 2. The number of aliphatic hydroxyl groups is 1. The molecule has 25 heavy (non-hydrogen) atoms. The van der Waals surface area contributed by atoms with Crippen molar-refractivity contribution in [2.75, 3.05) is 18.0 Å². The Morgan fingerprint density at radius 3 is 2.56 bits per heavy atom. The molecule has 0 radical (unpaired) electrons. The summed E-state index contributed by atoms with van der Waals surface area (Å²) in [5.41, 5.74) is 6.23. The molecular formula is C20H24N4O. The van der Waals surface area contributed by atoms with E-state index in [4.69, 9.17) is 10.1 Å². The van der Waals surface area contributed by atoms with E-state index in [9.17, 15) is 5.11 Å². The molecule has 1 aromatic carbocycles. The van der Waals surface area contributed by atoms with E-state index in [2.05, 4.69) is 30.9 Å². The number of aliphatic hydroxyl groups excluding tert-OH is 1. The SMILES string of the molecule is Cc1nc2c(-c3ccccc3)c(C)nn2c(N2CCC[C@H](O)C2)c1C. The smallest absolute Gasteiger partial charge is 0.165 e. The Balaban J connectivity index is 1.96. The van der Waals surface area contributed by atoms with Crippen LogP contribution in [0.1, 0.15) is 29.8 Å². The van der Waals surface area contributed by atoms with Gasteiger partial charge in [0.2, 0.25) is 0 Å². The molecule has 2 aromatic heterocycles. The third-order valence-corrected chi connectivity index (χ3v) is 5.15. The maximum Gasteiger partial charge on any atom is 0.165 e. The van der Waals surface area contributed by atoms with Crippen LogP contribution < -0.4 is 4.90 Å². The van der Waals surface area contributed by atoms with Gasteiger partial charge in [-0.25, -0.2) is 4.98 Å². The van der Waals surface area contributed by atoms with Crippen molar-refractivity contribution < 1.29 is 5.11 Å². The number of aromatic nitrogens is 3. The normalized spacial score (nSPS) is 18.1. The number of aryl methyl sites for hydroxylation is 2. The lowest BCUT2D eigenvalue weighted by Crippen LogP contribution is -2.40. The molecule has 0 saturated carbocycles. The zero-order valence-corrected chi connectivity index (χ0v) is 15.0. The van der Waals surface area contributed by atoms with Crippen LogP contribution in [0.2, 0.25) is 0 Å². The molecule has 5 heteroatoms. The average Bonchev–Trinajstić information content (AvgIpc) is 2.92.